The van der Waals surface area contributed by atoms with Crippen molar-refractivity contribution in [2.75, 3.05) is 7.05 Å². The molecule has 0 amide bonds. The van der Waals surface area contributed by atoms with E-state index in [4.69, 9.17) is 23.2 Å². The number of hydrogen-bond donors (Lipinski definition) is 2. The van der Waals surface area contributed by atoms with Crippen molar-refractivity contribution >= 4 is 23.2 Å². The summed E-state index contributed by atoms with van der Waals surface area (Å²) in [5, 5.41) is 4.26. The van der Waals surface area contributed by atoms with Crippen LogP contribution >= 0.6 is 23.2 Å². The van der Waals surface area contributed by atoms with E-state index < -0.39 is 0 Å². The van der Waals surface area contributed by atoms with Crippen LogP contribution in [0.1, 0.15) is 5.69 Å². The minimum atomic E-state index is 0.595. The maximum absolute atomic E-state index is 6.09. The average Bonchev–Trinajstić information content (AvgIpc) is 2.67. The summed E-state index contributed by atoms with van der Waals surface area (Å²) >= 11 is 11.9. The zero-order valence-electron chi connectivity index (χ0n) is 8.72. The number of imidazole rings is 1. The number of H-pyrrole nitrogens is 1. The van der Waals surface area contributed by atoms with E-state index in [1.807, 2.05) is 13.1 Å². The summed E-state index contributed by atoms with van der Waals surface area (Å²) in [7, 11) is 1.88. The van der Waals surface area contributed by atoms with Crippen LogP contribution in [0.5, 0.6) is 0 Å². The van der Waals surface area contributed by atoms with Crippen LogP contribution in [0.3, 0.4) is 0 Å². The molecule has 0 spiro atoms. The van der Waals surface area contributed by atoms with Gasteiger partial charge in [-0.1, -0.05) is 23.2 Å². The number of hydrogen-bond acceptors (Lipinski definition) is 2. The van der Waals surface area contributed by atoms with Gasteiger partial charge < -0.3 is 10.3 Å². The SMILES string of the molecule is CNCc1cnc(-c2ccc(Cl)cc2Cl)[nH]1. The number of rotatable bonds is 3. The molecule has 0 atom stereocenters. The summed E-state index contributed by atoms with van der Waals surface area (Å²) in [5.74, 6) is 0.756. The number of benzene rings is 1. The molecule has 0 bridgehead atoms. The zero-order valence-corrected chi connectivity index (χ0v) is 10.2. The molecule has 0 fully saturated rings. The molecule has 84 valence electrons. The maximum Gasteiger partial charge on any atom is 0.139 e. The van der Waals surface area contributed by atoms with Crippen molar-refractivity contribution in [2.24, 2.45) is 0 Å². The Bertz CT molecular complexity index is 494. The number of nitrogens with zero attached hydrogens (tertiary/aromatic N) is 1. The molecular weight excluding hydrogens is 245 g/mol. The number of nitrogens with one attached hydrogen (secondary N) is 2. The highest BCUT2D eigenvalue weighted by Crippen LogP contribution is 2.28. The molecule has 0 aliphatic carbocycles. The number of aromatic nitrogens is 2. The van der Waals surface area contributed by atoms with Crippen molar-refractivity contribution in [3.05, 3.63) is 40.1 Å². The summed E-state index contributed by atoms with van der Waals surface area (Å²) < 4.78 is 0. The van der Waals surface area contributed by atoms with Gasteiger partial charge in [0.05, 0.1) is 5.02 Å². The summed E-state index contributed by atoms with van der Waals surface area (Å²) in [6.45, 7) is 0.748. The van der Waals surface area contributed by atoms with E-state index in [-0.39, 0.29) is 0 Å². The first-order valence-corrected chi connectivity index (χ1v) is 5.60. The van der Waals surface area contributed by atoms with Crippen LogP contribution in [-0.2, 0) is 6.54 Å². The fourth-order valence-corrected chi connectivity index (χ4v) is 1.96. The van der Waals surface area contributed by atoms with Crippen LogP contribution in [0, 0.1) is 0 Å². The van der Waals surface area contributed by atoms with Crippen LogP contribution in [0.2, 0.25) is 10.0 Å². The molecular formula is C11H11Cl2N3. The van der Waals surface area contributed by atoms with E-state index in [2.05, 4.69) is 15.3 Å². The van der Waals surface area contributed by atoms with Crippen LogP contribution in [0.25, 0.3) is 11.4 Å². The van der Waals surface area contributed by atoms with Crippen LogP contribution in [-0.4, -0.2) is 17.0 Å². The second kappa shape index (κ2) is 4.87. The van der Waals surface area contributed by atoms with Crippen molar-refractivity contribution in [2.45, 2.75) is 6.54 Å². The third-order valence-corrected chi connectivity index (χ3v) is 2.73. The van der Waals surface area contributed by atoms with Crippen molar-refractivity contribution < 1.29 is 0 Å². The summed E-state index contributed by atoms with van der Waals surface area (Å²) in [6, 6.07) is 5.36. The van der Waals surface area contributed by atoms with Gasteiger partial charge in [-0.25, -0.2) is 4.98 Å². The highest BCUT2D eigenvalue weighted by atomic mass is 35.5. The Kier molecular flexibility index (Phi) is 3.49. The Balaban J connectivity index is 2.35. The predicted octanol–water partition coefficient (Wildman–Crippen LogP) is 3.10. The molecule has 3 nitrogen and oxygen atoms in total. The molecule has 0 aliphatic heterocycles. The molecule has 2 N–H and O–H groups in total. The molecule has 1 aromatic carbocycles. The molecule has 1 aromatic heterocycles. The van der Waals surface area contributed by atoms with Crippen molar-refractivity contribution in [1.82, 2.24) is 15.3 Å². The molecule has 0 saturated carbocycles. The van der Waals surface area contributed by atoms with Gasteiger partial charge in [0.2, 0.25) is 0 Å². The highest BCUT2D eigenvalue weighted by molar-refractivity contribution is 6.36. The maximum atomic E-state index is 6.09. The second-order valence-electron chi connectivity index (χ2n) is 3.41. The normalized spacial score (nSPS) is 10.7. The second-order valence-corrected chi connectivity index (χ2v) is 4.26. The molecule has 16 heavy (non-hydrogen) atoms. The lowest BCUT2D eigenvalue weighted by Crippen LogP contribution is -2.04. The number of halogens is 2. The van der Waals surface area contributed by atoms with Gasteiger partial charge >= 0.3 is 0 Å². The largest absolute Gasteiger partial charge is 0.341 e. The minimum Gasteiger partial charge on any atom is -0.341 e. The van der Waals surface area contributed by atoms with Crippen molar-refractivity contribution in [3.63, 3.8) is 0 Å². The van der Waals surface area contributed by atoms with Gasteiger partial charge in [-0.2, -0.15) is 0 Å². The van der Waals surface area contributed by atoms with Gasteiger partial charge in [0, 0.05) is 29.0 Å². The molecule has 0 unspecified atom stereocenters. The zero-order chi connectivity index (χ0) is 11.5. The van der Waals surface area contributed by atoms with Crippen molar-refractivity contribution in [1.29, 1.82) is 0 Å². The third kappa shape index (κ3) is 2.38. The Morgan fingerprint density at radius 3 is 2.88 bits per heavy atom. The molecule has 0 radical (unpaired) electrons. The quantitative estimate of drug-likeness (QED) is 0.885. The van der Waals surface area contributed by atoms with Crippen LogP contribution in [0.15, 0.2) is 24.4 Å². The van der Waals surface area contributed by atoms with Gasteiger partial charge in [0.15, 0.2) is 0 Å². The average molecular weight is 256 g/mol. The Morgan fingerprint density at radius 2 is 2.19 bits per heavy atom. The topological polar surface area (TPSA) is 40.7 Å². The molecule has 2 aromatic rings. The smallest absolute Gasteiger partial charge is 0.139 e. The molecule has 0 saturated heterocycles. The summed E-state index contributed by atoms with van der Waals surface area (Å²) in [6.07, 6.45) is 1.79. The van der Waals surface area contributed by atoms with Gasteiger partial charge in [-0.15, -0.1) is 0 Å². The standard InChI is InChI=1S/C11H11Cl2N3/c1-14-5-8-6-15-11(16-8)9-3-2-7(12)4-10(9)13/h2-4,6,14H,5H2,1H3,(H,15,16). The lowest BCUT2D eigenvalue weighted by Gasteiger charge is -2.01. The fourth-order valence-electron chi connectivity index (χ4n) is 1.46. The minimum absolute atomic E-state index is 0.595. The monoisotopic (exact) mass is 255 g/mol. The van der Waals surface area contributed by atoms with Crippen LogP contribution in [0.4, 0.5) is 0 Å². The molecule has 2 rings (SSSR count). The molecule has 0 aliphatic rings. The molecule has 1 heterocycles. The Labute approximate surface area is 104 Å². The van der Waals surface area contributed by atoms with E-state index in [1.165, 1.54) is 0 Å². The first kappa shape index (κ1) is 11.5. The van der Waals surface area contributed by atoms with E-state index in [1.54, 1.807) is 18.3 Å². The Hall–Kier alpha value is -1.03. The highest BCUT2D eigenvalue weighted by Gasteiger charge is 2.07. The van der Waals surface area contributed by atoms with Crippen LogP contribution < -0.4 is 5.32 Å². The number of aromatic amines is 1. The lowest BCUT2D eigenvalue weighted by molar-refractivity contribution is 0.797. The van der Waals surface area contributed by atoms with Crippen molar-refractivity contribution in [3.8, 4) is 11.4 Å². The van der Waals surface area contributed by atoms with E-state index in [0.717, 1.165) is 23.6 Å². The fraction of sp³-hybridized carbons (Fsp3) is 0.182. The summed E-state index contributed by atoms with van der Waals surface area (Å²) in [4.78, 5) is 7.46. The van der Waals surface area contributed by atoms with E-state index in [9.17, 15) is 0 Å². The lowest BCUT2D eigenvalue weighted by atomic mass is 10.2. The van der Waals surface area contributed by atoms with Gasteiger partial charge in [-0.3, -0.25) is 0 Å². The van der Waals surface area contributed by atoms with Gasteiger partial charge in [-0.05, 0) is 25.2 Å². The third-order valence-electron chi connectivity index (χ3n) is 2.18. The summed E-state index contributed by atoms with van der Waals surface area (Å²) in [5.41, 5.74) is 1.87. The van der Waals surface area contributed by atoms with Gasteiger partial charge in [0.25, 0.3) is 0 Å². The van der Waals surface area contributed by atoms with E-state index >= 15 is 0 Å². The first-order valence-electron chi connectivity index (χ1n) is 4.84. The van der Waals surface area contributed by atoms with Gasteiger partial charge in [0.1, 0.15) is 5.82 Å². The Morgan fingerprint density at radius 1 is 1.38 bits per heavy atom. The first-order chi connectivity index (χ1) is 7.70. The molecule has 5 heteroatoms. The predicted molar refractivity (Wildman–Crippen MR) is 66.8 cm³/mol. The van der Waals surface area contributed by atoms with E-state index in [0.29, 0.717) is 10.0 Å².